The van der Waals surface area contributed by atoms with Crippen LogP contribution in [0.4, 0.5) is 5.69 Å². The molecule has 6 nitrogen and oxygen atoms in total. The summed E-state index contributed by atoms with van der Waals surface area (Å²) in [5, 5.41) is 3.89. The first kappa shape index (κ1) is 24.9. The zero-order chi connectivity index (χ0) is 25.4. The molecule has 1 aliphatic heterocycles. The van der Waals surface area contributed by atoms with Crippen molar-refractivity contribution in [3.8, 4) is 0 Å². The molecule has 0 saturated heterocycles. The number of rotatable bonds is 7. The quantitative estimate of drug-likeness (QED) is 0.210. The van der Waals surface area contributed by atoms with E-state index in [2.05, 4.69) is 46.7 Å². The van der Waals surface area contributed by atoms with Gasteiger partial charge in [-0.05, 0) is 60.2 Å². The van der Waals surface area contributed by atoms with Crippen molar-refractivity contribution < 1.29 is 22.0 Å². The molecule has 36 heavy (non-hydrogen) atoms. The van der Waals surface area contributed by atoms with E-state index in [0.29, 0.717) is 18.0 Å². The summed E-state index contributed by atoms with van der Waals surface area (Å²) in [5.41, 5.74) is 3.88. The summed E-state index contributed by atoms with van der Waals surface area (Å²) >= 11 is 7.88. The minimum absolute atomic E-state index is 0.291. The Morgan fingerprint density at radius 3 is 2.78 bits per heavy atom. The highest BCUT2D eigenvalue weighted by Crippen LogP contribution is 2.47. The minimum Gasteiger partial charge on any atom is -0.398 e. The first-order valence-electron chi connectivity index (χ1n) is 11.7. The van der Waals surface area contributed by atoms with Crippen LogP contribution in [0.25, 0.3) is 27.9 Å². The second-order valence-corrected chi connectivity index (χ2v) is 11.8. The Balaban J connectivity index is 1.53. The van der Waals surface area contributed by atoms with E-state index in [4.69, 9.17) is 16.0 Å². The van der Waals surface area contributed by atoms with E-state index in [-0.39, 0.29) is 5.75 Å². The zero-order valence-corrected chi connectivity index (χ0v) is 22.3. The summed E-state index contributed by atoms with van der Waals surface area (Å²) in [6.07, 6.45) is 5.23. The second-order valence-electron chi connectivity index (χ2n) is 8.69. The molecule has 3 aromatic carbocycles. The molecule has 0 spiro atoms. The molecule has 0 bridgehead atoms. The van der Waals surface area contributed by atoms with Gasteiger partial charge in [0.2, 0.25) is 5.58 Å². The van der Waals surface area contributed by atoms with Crippen molar-refractivity contribution >= 4 is 67.1 Å². The lowest BCUT2D eigenvalue weighted by atomic mass is 10.1. The smallest absolute Gasteiger partial charge is 0.374 e. The van der Waals surface area contributed by atoms with Gasteiger partial charge in [-0.15, -0.1) is 0 Å². The van der Waals surface area contributed by atoms with E-state index in [9.17, 15) is 13.0 Å². The molecule has 0 aliphatic carbocycles. The fourth-order valence-electron chi connectivity index (χ4n) is 4.46. The molecule has 0 atom stereocenters. The van der Waals surface area contributed by atoms with Crippen molar-refractivity contribution in [3.63, 3.8) is 0 Å². The topological polar surface area (TPSA) is 74.6 Å². The fourth-order valence-corrected chi connectivity index (χ4v) is 6.27. The number of nitrogens with zero attached hydrogens (tertiary/aromatic N) is 2. The Morgan fingerprint density at radius 2 is 2.00 bits per heavy atom. The first-order chi connectivity index (χ1) is 17.2. The normalized spacial score (nSPS) is 15.4. The molecular weight excluding hydrogens is 516 g/mol. The molecule has 9 heteroatoms. The van der Waals surface area contributed by atoms with E-state index in [1.807, 2.05) is 43.4 Å². The summed E-state index contributed by atoms with van der Waals surface area (Å²) in [7, 11) is -2.02. The van der Waals surface area contributed by atoms with Gasteiger partial charge in [0.25, 0.3) is 15.6 Å². The molecule has 4 aromatic rings. The van der Waals surface area contributed by atoms with Gasteiger partial charge >= 0.3 is 5.89 Å². The molecule has 5 rings (SSSR count). The van der Waals surface area contributed by atoms with Crippen molar-refractivity contribution in [2.24, 2.45) is 7.05 Å². The van der Waals surface area contributed by atoms with Crippen LogP contribution in [0.2, 0.25) is 5.02 Å². The van der Waals surface area contributed by atoms with Crippen LogP contribution in [-0.4, -0.2) is 25.3 Å². The van der Waals surface area contributed by atoms with Crippen LogP contribution in [0.15, 0.2) is 80.6 Å². The number of hydrogen-bond acceptors (Lipinski definition) is 5. The maximum absolute atomic E-state index is 11.3. The van der Waals surface area contributed by atoms with Gasteiger partial charge in [-0.2, -0.15) is 13.0 Å². The number of oxazole rings is 1. The van der Waals surface area contributed by atoms with Crippen molar-refractivity contribution in [2.45, 2.75) is 24.7 Å². The van der Waals surface area contributed by atoms with E-state index < -0.39 is 10.1 Å². The monoisotopic (exact) mass is 541 g/mol. The largest absolute Gasteiger partial charge is 0.398 e. The number of thioether (sulfide) groups is 1. The molecule has 1 aliphatic rings. The Labute approximate surface area is 219 Å². The predicted octanol–water partition coefficient (Wildman–Crippen LogP) is 6.59. The van der Waals surface area contributed by atoms with E-state index >= 15 is 0 Å². The molecule has 0 amide bonds. The second kappa shape index (κ2) is 9.94. The van der Waals surface area contributed by atoms with Gasteiger partial charge in [0, 0.05) is 16.5 Å². The Kier molecular flexibility index (Phi) is 6.87. The molecule has 0 fully saturated rings. The predicted molar refractivity (Wildman–Crippen MR) is 147 cm³/mol. The standard InChI is InChI=1S/C27H25ClN2O4S2/c1-3-18(15-25-29(2)27-21-8-5-4-7-19(21)9-11-23(27)34-25)16-26-30(13-6-14-36(31,32)33)22-17-20(28)10-12-24(22)35-26/h4-5,7-12,15-17H,3,6,13-14H2,1-2H3/p+1. The van der Waals surface area contributed by atoms with Crippen LogP contribution in [0, 0.1) is 0 Å². The number of benzene rings is 3. The number of fused-ring (bicyclic) bond motifs is 4. The van der Waals surface area contributed by atoms with Gasteiger partial charge in [-0.3, -0.25) is 4.55 Å². The van der Waals surface area contributed by atoms with Crippen LogP contribution in [0.3, 0.4) is 0 Å². The number of anilines is 1. The molecule has 0 radical (unpaired) electrons. The lowest BCUT2D eigenvalue weighted by molar-refractivity contribution is -0.651. The highest BCUT2D eigenvalue weighted by Gasteiger charge is 2.26. The molecule has 1 N–H and O–H groups in total. The lowest BCUT2D eigenvalue weighted by Crippen LogP contribution is -2.29. The third-order valence-corrected chi connectivity index (χ3v) is 8.40. The Hall–Kier alpha value is -2.78. The average molecular weight is 542 g/mol. The molecular formula is C27H26ClN2O4S2+. The molecule has 0 saturated carbocycles. The summed E-state index contributed by atoms with van der Waals surface area (Å²) < 4.78 is 40.0. The summed E-state index contributed by atoms with van der Waals surface area (Å²) in [6, 6.07) is 18.0. The van der Waals surface area contributed by atoms with E-state index in [1.165, 1.54) is 0 Å². The third kappa shape index (κ3) is 5.04. The number of hydrogen-bond donors (Lipinski definition) is 1. The van der Waals surface area contributed by atoms with Crippen molar-refractivity contribution in [3.05, 3.63) is 82.2 Å². The van der Waals surface area contributed by atoms with Crippen molar-refractivity contribution in [2.75, 3.05) is 17.2 Å². The SMILES string of the molecule is CCC(=C/c1oc2ccc3ccccc3c2[n+]1C)/C=C1/Sc2ccc(Cl)cc2N1CCCS(=O)(=O)O. The highest BCUT2D eigenvalue weighted by atomic mass is 35.5. The molecule has 2 heterocycles. The molecule has 1 aromatic heterocycles. The average Bonchev–Trinajstić information content (AvgIpc) is 3.34. The third-order valence-electron chi connectivity index (χ3n) is 6.25. The van der Waals surface area contributed by atoms with Crippen LogP contribution in [-0.2, 0) is 17.2 Å². The number of aromatic nitrogens is 1. The van der Waals surface area contributed by atoms with Crippen LogP contribution >= 0.6 is 23.4 Å². The van der Waals surface area contributed by atoms with Crippen LogP contribution in [0.5, 0.6) is 0 Å². The van der Waals surface area contributed by atoms with Gasteiger partial charge in [-0.25, -0.2) is 0 Å². The number of halogens is 1. The lowest BCUT2D eigenvalue weighted by Gasteiger charge is -2.20. The zero-order valence-electron chi connectivity index (χ0n) is 19.9. The Bertz CT molecular complexity index is 1640. The first-order valence-corrected chi connectivity index (χ1v) is 14.5. The highest BCUT2D eigenvalue weighted by molar-refractivity contribution is 8.03. The van der Waals surface area contributed by atoms with E-state index in [0.717, 1.165) is 55.4 Å². The van der Waals surface area contributed by atoms with Gasteiger partial charge in [0.05, 0.1) is 27.9 Å². The van der Waals surface area contributed by atoms with Crippen molar-refractivity contribution in [1.82, 2.24) is 0 Å². The van der Waals surface area contributed by atoms with Crippen LogP contribution < -0.4 is 9.47 Å². The Morgan fingerprint density at radius 1 is 1.19 bits per heavy atom. The fraction of sp³-hybridized carbons (Fsp3) is 0.222. The summed E-state index contributed by atoms with van der Waals surface area (Å²) in [6.45, 7) is 2.53. The van der Waals surface area contributed by atoms with Gasteiger partial charge in [-0.1, -0.05) is 54.6 Å². The van der Waals surface area contributed by atoms with Crippen molar-refractivity contribution in [1.29, 1.82) is 0 Å². The van der Waals surface area contributed by atoms with Gasteiger partial charge < -0.3 is 9.32 Å². The number of allylic oxidation sites excluding steroid dienone is 2. The summed E-state index contributed by atoms with van der Waals surface area (Å²) in [5.74, 6) is 0.452. The van der Waals surface area contributed by atoms with E-state index in [1.54, 1.807) is 11.8 Å². The summed E-state index contributed by atoms with van der Waals surface area (Å²) in [4.78, 5) is 3.11. The van der Waals surface area contributed by atoms with Gasteiger partial charge in [0.15, 0.2) is 0 Å². The maximum atomic E-state index is 11.3. The maximum Gasteiger partial charge on any atom is 0.374 e. The minimum atomic E-state index is -4.03. The number of aryl methyl sites for hydroxylation is 1. The molecule has 186 valence electrons. The van der Waals surface area contributed by atoms with Gasteiger partial charge in [0.1, 0.15) is 7.05 Å². The van der Waals surface area contributed by atoms with Crippen LogP contribution in [0.1, 0.15) is 25.7 Å². The molecule has 0 unspecified atom stereocenters.